The fourth-order valence-corrected chi connectivity index (χ4v) is 0.485. The molecule has 5 nitrogen and oxygen atoms in total. The Labute approximate surface area is 97.7 Å². The second-order valence-corrected chi connectivity index (χ2v) is 4.25. The molecule has 0 radical (unpaired) electrons. The molecule has 0 aromatic heterocycles. The van der Waals surface area contributed by atoms with Crippen molar-refractivity contribution in [2.75, 3.05) is 39.6 Å². The van der Waals surface area contributed by atoms with Crippen LogP contribution in [-0.4, -0.2) is 60.1 Å². The Balaban J connectivity index is 0. The van der Waals surface area contributed by atoms with Crippen LogP contribution in [0.3, 0.4) is 0 Å². The molecule has 0 aromatic rings. The van der Waals surface area contributed by atoms with Gasteiger partial charge >= 0.3 is 0 Å². The minimum atomic E-state index is -0.306. The van der Waals surface area contributed by atoms with Gasteiger partial charge < -0.3 is 25.2 Å². The normalized spacial score (nSPS) is 10.9. The van der Waals surface area contributed by atoms with Gasteiger partial charge in [0.05, 0.1) is 13.2 Å². The standard InChI is InChI=1S/C6H14O3.C5H12O2/c7-3-1-5-9-6-2-4-8;1-5(2,3-6)4-7/h7-8H,1-6H2;6-7H,3-4H2,1-2H3. The van der Waals surface area contributed by atoms with Crippen LogP contribution in [-0.2, 0) is 4.74 Å². The first-order chi connectivity index (χ1) is 7.54. The molecule has 0 spiro atoms. The van der Waals surface area contributed by atoms with E-state index in [0.29, 0.717) is 26.1 Å². The molecule has 0 saturated heterocycles. The molecule has 0 aliphatic heterocycles. The summed E-state index contributed by atoms with van der Waals surface area (Å²) in [6, 6.07) is 0. The highest BCUT2D eigenvalue weighted by molar-refractivity contribution is 4.62. The van der Waals surface area contributed by atoms with Gasteiger partial charge in [0, 0.05) is 31.8 Å². The average Bonchev–Trinajstić information content (AvgIpc) is 2.30. The van der Waals surface area contributed by atoms with Gasteiger partial charge in [-0.15, -0.1) is 0 Å². The average molecular weight is 238 g/mol. The summed E-state index contributed by atoms with van der Waals surface area (Å²) < 4.78 is 4.99. The predicted molar refractivity (Wildman–Crippen MR) is 62.2 cm³/mol. The number of ether oxygens (including phenoxy) is 1. The number of hydrogen-bond acceptors (Lipinski definition) is 5. The maximum absolute atomic E-state index is 8.43. The Morgan fingerprint density at radius 2 is 1.19 bits per heavy atom. The molecular formula is C11H26O5. The monoisotopic (exact) mass is 238 g/mol. The molecule has 0 amide bonds. The zero-order valence-corrected chi connectivity index (χ0v) is 10.4. The van der Waals surface area contributed by atoms with E-state index in [2.05, 4.69) is 0 Å². The van der Waals surface area contributed by atoms with Gasteiger partial charge in [0.15, 0.2) is 0 Å². The van der Waals surface area contributed by atoms with Crippen LogP contribution in [0.25, 0.3) is 0 Å². The molecular weight excluding hydrogens is 212 g/mol. The van der Waals surface area contributed by atoms with E-state index in [1.807, 2.05) is 0 Å². The smallest absolute Gasteiger partial charge is 0.0504 e. The van der Waals surface area contributed by atoms with Gasteiger partial charge in [0.1, 0.15) is 0 Å². The highest BCUT2D eigenvalue weighted by Gasteiger charge is 2.13. The van der Waals surface area contributed by atoms with Crippen LogP contribution in [0.1, 0.15) is 26.7 Å². The van der Waals surface area contributed by atoms with Crippen molar-refractivity contribution in [3.8, 4) is 0 Å². The van der Waals surface area contributed by atoms with Crippen LogP contribution < -0.4 is 0 Å². The second kappa shape index (κ2) is 12.9. The van der Waals surface area contributed by atoms with Crippen LogP contribution in [0.15, 0.2) is 0 Å². The van der Waals surface area contributed by atoms with E-state index in [1.54, 1.807) is 13.8 Å². The highest BCUT2D eigenvalue weighted by Crippen LogP contribution is 2.10. The van der Waals surface area contributed by atoms with Gasteiger partial charge in [-0.05, 0) is 12.8 Å². The predicted octanol–water partition coefficient (Wildman–Crippen LogP) is -0.235. The van der Waals surface area contributed by atoms with E-state index in [9.17, 15) is 0 Å². The molecule has 0 fully saturated rings. The van der Waals surface area contributed by atoms with Crippen molar-refractivity contribution in [1.82, 2.24) is 0 Å². The maximum Gasteiger partial charge on any atom is 0.0504 e. The summed E-state index contributed by atoms with van der Waals surface area (Å²) >= 11 is 0. The van der Waals surface area contributed by atoms with Gasteiger partial charge in [0.2, 0.25) is 0 Å². The van der Waals surface area contributed by atoms with Crippen molar-refractivity contribution in [3.05, 3.63) is 0 Å². The molecule has 0 aliphatic carbocycles. The second-order valence-electron chi connectivity index (χ2n) is 4.25. The zero-order chi connectivity index (χ0) is 12.9. The number of hydrogen-bond donors (Lipinski definition) is 4. The quantitative estimate of drug-likeness (QED) is 0.438. The van der Waals surface area contributed by atoms with E-state index < -0.39 is 0 Å². The summed E-state index contributed by atoms with van der Waals surface area (Å²) in [6.45, 7) is 5.23. The summed E-state index contributed by atoms with van der Waals surface area (Å²) in [4.78, 5) is 0. The van der Waals surface area contributed by atoms with Crippen LogP contribution in [0.4, 0.5) is 0 Å². The molecule has 16 heavy (non-hydrogen) atoms. The van der Waals surface area contributed by atoms with Crippen molar-refractivity contribution in [2.24, 2.45) is 5.41 Å². The van der Waals surface area contributed by atoms with Crippen LogP contribution in [0, 0.1) is 5.41 Å². The summed E-state index contributed by atoms with van der Waals surface area (Å²) in [5, 5.41) is 33.5. The Bertz CT molecular complexity index is 116. The first-order valence-corrected chi connectivity index (χ1v) is 5.55. The fourth-order valence-electron chi connectivity index (χ4n) is 0.485. The summed E-state index contributed by atoms with van der Waals surface area (Å²) in [5.41, 5.74) is -0.306. The lowest BCUT2D eigenvalue weighted by Crippen LogP contribution is -2.20. The van der Waals surface area contributed by atoms with E-state index >= 15 is 0 Å². The van der Waals surface area contributed by atoms with Gasteiger partial charge in [-0.3, -0.25) is 0 Å². The van der Waals surface area contributed by atoms with Gasteiger partial charge in [0.25, 0.3) is 0 Å². The van der Waals surface area contributed by atoms with E-state index in [1.165, 1.54) is 0 Å². The third kappa shape index (κ3) is 16.2. The van der Waals surface area contributed by atoms with E-state index in [-0.39, 0.29) is 31.8 Å². The minimum Gasteiger partial charge on any atom is -0.396 e. The first-order valence-electron chi connectivity index (χ1n) is 5.55. The molecule has 4 N–H and O–H groups in total. The molecule has 0 aliphatic rings. The SMILES string of the molecule is CC(C)(CO)CO.OCCCOCCCO. The highest BCUT2D eigenvalue weighted by atomic mass is 16.5. The third-order valence-electron chi connectivity index (χ3n) is 1.75. The van der Waals surface area contributed by atoms with Gasteiger partial charge in [-0.1, -0.05) is 13.8 Å². The molecule has 0 atom stereocenters. The van der Waals surface area contributed by atoms with Crippen LogP contribution in [0.2, 0.25) is 0 Å². The van der Waals surface area contributed by atoms with E-state index in [4.69, 9.17) is 25.2 Å². The molecule has 0 rings (SSSR count). The molecule has 0 bridgehead atoms. The zero-order valence-electron chi connectivity index (χ0n) is 10.4. The largest absolute Gasteiger partial charge is 0.396 e. The summed E-state index contributed by atoms with van der Waals surface area (Å²) in [5.74, 6) is 0. The lowest BCUT2D eigenvalue weighted by atomic mass is 9.97. The lowest BCUT2D eigenvalue weighted by molar-refractivity contribution is 0.0857. The Hall–Kier alpha value is -0.200. The molecule has 0 unspecified atom stereocenters. The van der Waals surface area contributed by atoms with Gasteiger partial charge in [-0.2, -0.15) is 0 Å². The van der Waals surface area contributed by atoms with Gasteiger partial charge in [-0.25, -0.2) is 0 Å². The Morgan fingerprint density at radius 3 is 1.38 bits per heavy atom. The van der Waals surface area contributed by atoms with Crippen molar-refractivity contribution in [3.63, 3.8) is 0 Å². The number of rotatable bonds is 8. The summed E-state index contributed by atoms with van der Waals surface area (Å²) in [7, 11) is 0. The molecule has 100 valence electrons. The summed E-state index contributed by atoms with van der Waals surface area (Å²) in [6.07, 6.45) is 1.37. The minimum absolute atomic E-state index is 0.0451. The topological polar surface area (TPSA) is 90.2 Å². The lowest BCUT2D eigenvalue weighted by Gasteiger charge is -2.16. The third-order valence-corrected chi connectivity index (χ3v) is 1.75. The number of aliphatic hydroxyl groups is 4. The van der Waals surface area contributed by atoms with E-state index in [0.717, 1.165) is 0 Å². The van der Waals surface area contributed by atoms with Crippen molar-refractivity contribution in [1.29, 1.82) is 0 Å². The Morgan fingerprint density at radius 1 is 0.812 bits per heavy atom. The molecule has 0 saturated carbocycles. The van der Waals surface area contributed by atoms with Crippen molar-refractivity contribution < 1.29 is 25.2 Å². The molecule has 0 heterocycles. The molecule has 5 heteroatoms. The first kappa shape index (κ1) is 18.2. The van der Waals surface area contributed by atoms with Crippen LogP contribution >= 0.6 is 0 Å². The fraction of sp³-hybridized carbons (Fsp3) is 1.00. The molecule has 0 aromatic carbocycles. The van der Waals surface area contributed by atoms with Crippen molar-refractivity contribution in [2.45, 2.75) is 26.7 Å². The van der Waals surface area contributed by atoms with Crippen LogP contribution in [0.5, 0.6) is 0 Å². The Kier molecular flexibility index (Phi) is 14.6. The maximum atomic E-state index is 8.43. The number of aliphatic hydroxyl groups excluding tert-OH is 4. The van der Waals surface area contributed by atoms with Crippen molar-refractivity contribution >= 4 is 0 Å².